The van der Waals surface area contributed by atoms with Crippen LogP contribution in [0, 0.1) is 12.8 Å². The molecule has 0 unspecified atom stereocenters. The summed E-state index contributed by atoms with van der Waals surface area (Å²) in [6.07, 6.45) is 4.82. The van der Waals surface area contributed by atoms with Crippen molar-refractivity contribution in [3.8, 4) is 0 Å². The van der Waals surface area contributed by atoms with Crippen molar-refractivity contribution in [1.29, 1.82) is 0 Å². The number of hydrogen-bond donors (Lipinski definition) is 2. The van der Waals surface area contributed by atoms with Crippen molar-refractivity contribution in [2.75, 3.05) is 5.73 Å². The van der Waals surface area contributed by atoms with E-state index < -0.39 is 0 Å². The second-order valence-corrected chi connectivity index (χ2v) is 5.41. The first-order chi connectivity index (χ1) is 8.58. The summed E-state index contributed by atoms with van der Waals surface area (Å²) in [5.74, 6) is 0.606. The molecule has 1 amide bonds. The van der Waals surface area contributed by atoms with Crippen LogP contribution in [0.5, 0.6) is 0 Å². The lowest BCUT2D eigenvalue weighted by molar-refractivity contribution is 0.0910. The molecule has 3 heteroatoms. The van der Waals surface area contributed by atoms with E-state index in [1.807, 2.05) is 13.0 Å². The molecule has 2 rings (SSSR count). The number of nitrogens with one attached hydrogen (secondary N) is 1. The highest BCUT2D eigenvalue weighted by atomic mass is 16.1. The first-order valence-electron chi connectivity index (χ1n) is 6.75. The molecule has 0 radical (unpaired) electrons. The zero-order valence-corrected chi connectivity index (χ0v) is 11.2. The molecule has 1 aliphatic rings. The first-order valence-corrected chi connectivity index (χ1v) is 6.75. The summed E-state index contributed by atoms with van der Waals surface area (Å²) in [7, 11) is 0. The number of aryl methyl sites for hydroxylation is 1. The molecular formula is C15H22N2O. The van der Waals surface area contributed by atoms with E-state index in [2.05, 4.69) is 12.2 Å². The minimum Gasteiger partial charge on any atom is -0.399 e. The highest BCUT2D eigenvalue weighted by Crippen LogP contribution is 2.24. The Morgan fingerprint density at radius 1 is 1.33 bits per heavy atom. The van der Waals surface area contributed by atoms with Crippen LogP contribution in [0.3, 0.4) is 0 Å². The molecule has 0 aromatic heterocycles. The van der Waals surface area contributed by atoms with E-state index in [9.17, 15) is 4.79 Å². The van der Waals surface area contributed by atoms with E-state index in [0.29, 0.717) is 17.5 Å². The lowest BCUT2D eigenvalue weighted by atomic mass is 9.86. The van der Waals surface area contributed by atoms with Crippen LogP contribution in [0.4, 0.5) is 5.69 Å². The van der Waals surface area contributed by atoms with Crippen LogP contribution >= 0.6 is 0 Å². The maximum atomic E-state index is 12.2. The number of hydrogen-bond acceptors (Lipinski definition) is 2. The van der Waals surface area contributed by atoms with Crippen molar-refractivity contribution < 1.29 is 4.79 Å². The van der Waals surface area contributed by atoms with Gasteiger partial charge in [0.1, 0.15) is 0 Å². The highest BCUT2D eigenvalue weighted by Gasteiger charge is 2.23. The molecule has 0 heterocycles. The predicted molar refractivity (Wildman–Crippen MR) is 74.5 cm³/mol. The highest BCUT2D eigenvalue weighted by molar-refractivity contribution is 5.95. The molecule has 3 N–H and O–H groups in total. The van der Waals surface area contributed by atoms with Gasteiger partial charge < -0.3 is 11.1 Å². The molecule has 1 aliphatic carbocycles. The summed E-state index contributed by atoms with van der Waals surface area (Å²) in [6, 6.07) is 5.78. The van der Waals surface area contributed by atoms with Gasteiger partial charge in [-0.15, -0.1) is 0 Å². The maximum Gasteiger partial charge on any atom is 0.251 e. The third-order valence-electron chi connectivity index (χ3n) is 3.96. The Labute approximate surface area is 109 Å². The van der Waals surface area contributed by atoms with E-state index >= 15 is 0 Å². The molecule has 1 fully saturated rings. The number of nitrogen functional groups attached to an aromatic ring is 1. The third kappa shape index (κ3) is 2.84. The van der Waals surface area contributed by atoms with E-state index in [1.54, 1.807) is 12.1 Å². The second-order valence-electron chi connectivity index (χ2n) is 5.41. The van der Waals surface area contributed by atoms with Crippen molar-refractivity contribution in [3.05, 3.63) is 29.3 Å². The van der Waals surface area contributed by atoms with Crippen LogP contribution in [0.2, 0.25) is 0 Å². The Kier molecular flexibility index (Phi) is 3.90. The predicted octanol–water partition coefficient (Wildman–Crippen LogP) is 2.89. The number of amides is 1. The van der Waals surface area contributed by atoms with E-state index in [-0.39, 0.29) is 5.91 Å². The van der Waals surface area contributed by atoms with Gasteiger partial charge in [-0.25, -0.2) is 0 Å². The fourth-order valence-corrected chi connectivity index (χ4v) is 2.60. The maximum absolute atomic E-state index is 12.2. The van der Waals surface area contributed by atoms with Gasteiger partial charge in [-0.3, -0.25) is 4.79 Å². The number of benzene rings is 1. The van der Waals surface area contributed by atoms with E-state index in [1.165, 1.54) is 19.3 Å². The van der Waals surface area contributed by atoms with Crippen molar-refractivity contribution >= 4 is 11.6 Å². The zero-order valence-electron chi connectivity index (χ0n) is 11.2. The minimum absolute atomic E-state index is 0.0249. The van der Waals surface area contributed by atoms with Crippen molar-refractivity contribution in [2.45, 2.75) is 45.6 Å². The van der Waals surface area contributed by atoms with E-state index in [4.69, 9.17) is 5.73 Å². The monoisotopic (exact) mass is 246 g/mol. The van der Waals surface area contributed by atoms with Gasteiger partial charge in [-0.2, -0.15) is 0 Å². The van der Waals surface area contributed by atoms with Crippen LogP contribution in [-0.4, -0.2) is 11.9 Å². The minimum atomic E-state index is 0.0249. The standard InChI is InChI=1S/C15H22N2O/c1-10-5-3-4-6-14(10)17-15(18)12-7-8-13(16)11(2)9-12/h7-10,14H,3-6,16H2,1-2H3,(H,17,18)/t10-,14+/m0/s1. The third-order valence-corrected chi connectivity index (χ3v) is 3.96. The number of anilines is 1. The fourth-order valence-electron chi connectivity index (χ4n) is 2.60. The average Bonchev–Trinajstić information content (AvgIpc) is 2.35. The summed E-state index contributed by atoms with van der Waals surface area (Å²) in [4.78, 5) is 12.2. The van der Waals surface area contributed by atoms with Gasteiger partial charge >= 0.3 is 0 Å². The van der Waals surface area contributed by atoms with Crippen molar-refractivity contribution in [3.63, 3.8) is 0 Å². The molecule has 0 bridgehead atoms. The molecule has 3 nitrogen and oxygen atoms in total. The van der Waals surface area contributed by atoms with Crippen LogP contribution in [-0.2, 0) is 0 Å². The van der Waals surface area contributed by atoms with E-state index in [0.717, 1.165) is 17.7 Å². The Morgan fingerprint density at radius 2 is 2.06 bits per heavy atom. The Hall–Kier alpha value is -1.51. The summed E-state index contributed by atoms with van der Waals surface area (Å²) >= 11 is 0. The normalized spacial score (nSPS) is 23.7. The van der Waals surface area contributed by atoms with Crippen molar-refractivity contribution in [1.82, 2.24) is 5.32 Å². The molecular weight excluding hydrogens is 224 g/mol. The summed E-state index contributed by atoms with van der Waals surface area (Å²) in [6.45, 7) is 4.15. The summed E-state index contributed by atoms with van der Waals surface area (Å²) in [5, 5.41) is 3.15. The van der Waals surface area contributed by atoms with Gasteiger partial charge in [-0.05, 0) is 49.4 Å². The van der Waals surface area contributed by atoms with Crippen LogP contribution in [0.25, 0.3) is 0 Å². The lowest BCUT2D eigenvalue weighted by Crippen LogP contribution is -2.41. The lowest BCUT2D eigenvalue weighted by Gasteiger charge is -2.29. The summed E-state index contributed by atoms with van der Waals surface area (Å²) < 4.78 is 0. The molecule has 0 saturated heterocycles. The van der Waals surface area contributed by atoms with Crippen molar-refractivity contribution in [2.24, 2.45) is 5.92 Å². The van der Waals surface area contributed by atoms with Gasteiger partial charge in [-0.1, -0.05) is 19.8 Å². The largest absolute Gasteiger partial charge is 0.399 e. The van der Waals surface area contributed by atoms with Crippen LogP contribution in [0.15, 0.2) is 18.2 Å². The average molecular weight is 246 g/mol. The van der Waals surface area contributed by atoms with Crippen LogP contribution < -0.4 is 11.1 Å². The molecule has 1 aromatic carbocycles. The van der Waals surface area contributed by atoms with Gasteiger partial charge in [0.05, 0.1) is 0 Å². The topological polar surface area (TPSA) is 55.1 Å². The molecule has 0 spiro atoms. The quantitative estimate of drug-likeness (QED) is 0.788. The number of rotatable bonds is 2. The number of nitrogens with two attached hydrogens (primary N) is 1. The van der Waals surface area contributed by atoms with Gasteiger partial charge in [0.15, 0.2) is 0 Å². The number of carbonyl (C=O) groups excluding carboxylic acids is 1. The molecule has 18 heavy (non-hydrogen) atoms. The van der Waals surface area contributed by atoms with Gasteiger partial charge in [0.2, 0.25) is 0 Å². The first kappa shape index (κ1) is 12.9. The Morgan fingerprint density at radius 3 is 2.72 bits per heavy atom. The second kappa shape index (κ2) is 5.42. The molecule has 1 aromatic rings. The fraction of sp³-hybridized carbons (Fsp3) is 0.533. The summed E-state index contributed by atoms with van der Waals surface area (Å²) in [5.41, 5.74) is 8.16. The number of carbonyl (C=O) groups is 1. The Balaban J connectivity index is 2.04. The van der Waals surface area contributed by atoms with Gasteiger partial charge in [0.25, 0.3) is 5.91 Å². The van der Waals surface area contributed by atoms with Crippen LogP contribution in [0.1, 0.15) is 48.5 Å². The molecule has 0 aliphatic heterocycles. The zero-order chi connectivity index (χ0) is 13.1. The Bertz CT molecular complexity index is 442. The van der Waals surface area contributed by atoms with Gasteiger partial charge in [0, 0.05) is 17.3 Å². The molecule has 98 valence electrons. The molecule has 1 saturated carbocycles. The SMILES string of the molecule is Cc1cc(C(=O)N[C@@H]2CCCC[C@@H]2C)ccc1N. The smallest absolute Gasteiger partial charge is 0.251 e. The molecule has 2 atom stereocenters.